The van der Waals surface area contributed by atoms with Gasteiger partial charge in [0.15, 0.2) is 0 Å². The van der Waals surface area contributed by atoms with Crippen molar-refractivity contribution < 1.29 is 4.79 Å². The van der Waals surface area contributed by atoms with E-state index in [0.29, 0.717) is 5.56 Å². The minimum Gasteiger partial charge on any atom is -0.285 e. The molecular formula is C10H7BrN2OS. The Hall–Kier alpha value is -1.07. The van der Waals surface area contributed by atoms with Gasteiger partial charge in [0.2, 0.25) is 11.6 Å². The molecule has 0 spiro atoms. The summed E-state index contributed by atoms with van der Waals surface area (Å²) in [6.07, 6.45) is 3.28. The van der Waals surface area contributed by atoms with Crippen LogP contribution in [-0.4, -0.2) is 15.8 Å². The molecule has 2 rings (SSSR count). The SMILES string of the molecule is Cc1cnc(C(=O)c2cscc2Br)nc1. The van der Waals surface area contributed by atoms with E-state index in [1.54, 1.807) is 17.8 Å². The van der Waals surface area contributed by atoms with Gasteiger partial charge in [0.1, 0.15) is 0 Å². The van der Waals surface area contributed by atoms with Gasteiger partial charge in [0, 0.05) is 27.6 Å². The Bertz CT molecular complexity index is 492. The van der Waals surface area contributed by atoms with Crippen molar-refractivity contribution in [2.45, 2.75) is 6.92 Å². The summed E-state index contributed by atoms with van der Waals surface area (Å²) in [7, 11) is 0. The third kappa shape index (κ3) is 2.13. The van der Waals surface area contributed by atoms with Crippen molar-refractivity contribution in [3.8, 4) is 0 Å². The third-order valence-electron chi connectivity index (χ3n) is 1.84. The Morgan fingerprint density at radius 1 is 1.33 bits per heavy atom. The molecule has 0 N–H and O–H groups in total. The molecule has 2 heterocycles. The number of thiophene rings is 1. The van der Waals surface area contributed by atoms with E-state index in [0.717, 1.165) is 10.0 Å². The first kappa shape index (κ1) is 10.4. The van der Waals surface area contributed by atoms with Crippen molar-refractivity contribution in [3.63, 3.8) is 0 Å². The summed E-state index contributed by atoms with van der Waals surface area (Å²) < 4.78 is 0.793. The Balaban J connectivity index is 2.37. The molecule has 0 saturated carbocycles. The van der Waals surface area contributed by atoms with Crippen molar-refractivity contribution in [2.24, 2.45) is 0 Å². The molecule has 0 unspecified atom stereocenters. The number of nitrogens with zero attached hydrogens (tertiary/aromatic N) is 2. The molecule has 5 heteroatoms. The minimum absolute atomic E-state index is 0.150. The summed E-state index contributed by atoms with van der Waals surface area (Å²) in [4.78, 5) is 19.9. The van der Waals surface area contributed by atoms with Crippen LogP contribution >= 0.6 is 27.3 Å². The number of hydrogen-bond acceptors (Lipinski definition) is 4. The van der Waals surface area contributed by atoms with Crippen LogP contribution in [0.2, 0.25) is 0 Å². The maximum absolute atomic E-state index is 11.9. The number of ketones is 1. The van der Waals surface area contributed by atoms with Gasteiger partial charge in [-0.05, 0) is 28.4 Å². The normalized spacial score (nSPS) is 10.3. The largest absolute Gasteiger partial charge is 0.285 e. The third-order valence-corrected chi connectivity index (χ3v) is 3.55. The number of carbonyl (C=O) groups is 1. The maximum Gasteiger partial charge on any atom is 0.232 e. The van der Waals surface area contributed by atoms with Crippen LogP contribution in [0, 0.1) is 6.92 Å². The summed E-state index contributed by atoms with van der Waals surface area (Å²) >= 11 is 4.78. The molecule has 0 fully saturated rings. The van der Waals surface area contributed by atoms with E-state index in [9.17, 15) is 4.79 Å². The van der Waals surface area contributed by atoms with Gasteiger partial charge in [-0.1, -0.05) is 0 Å². The average molecular weight is 283 g/mol. The van der Waals surface area contributed by atoms with E-state index >= 15 is 0 Å². The summed E-state index contributed by atoms with van der Waals surface area (Å²) in [5, 5.41) is 3.65. The highest BCUT2D eigenvalue weighted by Crippen LogP contribution is 2.22. The molecule has 2 aromatic heterocycles. The van der Waals surface area contributed by atoms with E-state index < -0.39 is 0 Å². The zero-order valence-electron chi connectivity index (χ0n) is 7.90. The molecule has 76 valence electrons. The van der Waals surface area contributed by atoms with Crippen molar-refractivity contribution in [1.82, 2.24) is 9.97 Å². The lowest BCUT2D eigenvalue weighted by molar-refractivity contribution is 0.102. The number of aromatic nitrogens is 2. The summed E-state index contributed by atoms with van der Waals surface area (Å²) in [6, 6.07) is 0. The zero-order chi connectivity index (χ0) is 10.8. The molecule has 0 bridgehead atoms. The van der Waals surface area contributed by atoms with Crippen LogP contribution in [0.15, 0.2) is 27.6 Å². The maximum atomic E-state index is 11.9. The van der Waals surface area contributed by atoms with Gasteiger partial charge in [0.25, 0.3) is 0 Å². The van der Waals surface area contributed by atoms with Gasteiger partial charge >= 0.3 is 0 Å². The molecular weight excluding hydrogens is 276 g/mol. The van der Waals surface area contributed by atoms with Crippen LogP contribution in [0.3, 0.4) is 0 Å². The van der Waals surface area contributed by atoms with E-state index in [-0.39, 0.29) is 11.6 Å². The Morgan fingerprint density at radius 2 is 2.00 bits per heavy atom. The molecule has 0 saturated heterocycles. The van der Waals surface area contributed by atoms with Crippen molar-refractivity contribution in [3.05, 3.63) is 44.6 Å². The lowest BCUT2D eigenvalue weighted by Gasteiger charge is -1.97. The van der Waals surface area contributed by atoms with E-state index in [1.807, 2.05) is 12.3 Å². The molecule has 0 aliphatic rings. The van der Waals surface area contributed by atoms with Crippen LogP contribution in [0.5, 0.6) is 0 Å². The van der Waals surface area contributed by atoms with Gasteiger partial charge in [-0.15, -0.1) is 0 Å². The summed E-state index contributed by atoms with van der Waals surface area (Å²) in [5.41, 5.74) is 1.56. The molecule has 2 aromatic rings. The monoisotopic (exact) mass is 282 g/mol. The summed E-state index contributed by atoms with van der Waals surface area (Å²) in [5.74, 6) is 0.0859. The Morgan fingerprint density at radius 3 is 2.53 bits per heavy atom. The van der Waals surface area contributed by atoms with Crippen LogP contribution in [0.25, 0.3) is 0 Å². The molecule has 0 radical (unpaired) electrons. The van der Waals surface area contributed by atoms with Crippen LogP contribution < -0.4 is 0 Å². The quantitative estimate of drug-likeness (QED) is 0.796. The fraction of sp³-hybridized carbons (Fsp3) is 0.100. The van der Waals surface area contributed by atoms with Gasteiger partial charge in [0.05, 0.1) is 5.56 Å². The van der Waals surface area contributed by atoms with Gasteiger partial charge in [-0.2, -0.15) is 11.3 Å². The second kappa shape index (κ2) is 4.20. The highest BCUT2D eigenvalue weighted by Gasteiger charge is 2.15. The predicted octanol–water partition coefficient (Wildman–Crippen LogP) is 2.84. The van der Waals surface area contributed by atoms with E-state index in [2.05, 4.69) is 25.9 Å². The second-order valence-electron chi connectivity index (χ2n) is 3.05. The van der Waals surface area contributed by atoms with Crippen LogP contribution in [0.1, 0.15) is 21.7 Å². The fourth-order valence-corrected chi connectivity index (χ4v) is 2.53. The second-order valence-corrected chi connectivity index (χ2v) is 4.64. The fourth-order valence-electron chi connectivity index (χ4n) is 1.07. The van der Waals surface area contributed by atoms with Crippen LogP contribution in [-0.2, 0) is 0 Å². The van der Waals surface area contributed by atoms with Gasteiger partial charge < -0.3 is 0 Å². The molecule has 0 atom stereocenters. The topological polar surface area (TPSA) is 42.9 Å². The summed E-state index contributed by atoms with van der Waals surface area (Å²) in [6.45, 7) is 1.88. The zero-order valence-corrected chi connectivity index (χ0v) is 10.3. The lowest BCUT2D eigenvalue weighted by Crippen LogP contribution is -2.06. The van der Waals surface area contributed by atoms with Crippen LogP contribution in [0.4, 0.5) is 0 Å². The first-order valence-electron chi connectivity index (χ1n) is 4.23. The Labute approximate surface area is 99.3 Å². The van der Waals surface area contributed by atoms with E-state index in [4.69, 9.17) is 0 Å². The Kier molecular flexibility index (Phi) is 2.93. The number of halogens is 1. The molecule has 0 aliphatic carbocycles. The first-order valence-corrected chi connectivity index (χ1v) is 5.97. The van der Waals surface area contributed by atoms with Crippen molar-refractivity contribution in [1.29, 1.82) is 0 Å². The smallest absolute Gasteiger partial charge is 0.232 e. The average Bonchev–Trinajstić information content (AvgIpc) is 2.65. The first-order chi connectivity index (χ1) is 7.18. The highest BCUT2D eigenvalue weighted by atomic mass is 79.9. The molecule has 0 aliphatic heterocycles. The molecule has 0 amide bonds. The highest BCUT2D eigenvalue weighted by molar-refractivity contribution is 9.10. The van der Waals surface area contributed by atoms with Gasteiger partial charge in [-0.25, -0.2) is 9.97 Å². The predicted molar refractivity (Wildman–Crippen MR) is 62.2 cm³/mol. The number of hydrogen-bond donors (Lipinski definition) is 0. The number of rotatable bonds is 2. The molecule has 0 aromatic carbocycles. The van der Waals surface area contributed by atoms with Crippen molar-refractivity contribution in [2.75, 3.05) is 0 Å². The number of carbonyl (C=O) groups excluding carboxylic acids is 1. The minimum atomic E-state index is -0.150. The molecule has 3 nitrogen and oxygen atoms in total. The van der Waals surface area contributed by atoms with E-state index in [1.165, 1.54) is 11.3 Å². The lowest BCUT2D eigenvalue weighted by atomic mass is 10.2. The number of aryl methyl sites for hydroxylation is 1. The standard InChI is InChI=1S/C10H7BrN2OS/c1-6-2-12-10(13-3-6)9(14)7-4-15-5-8(7)11/h2-5H,1H3. The molecule has 15 heavy (non-hydrogen) atoms. The van der Waals surface area contributed by atoms with Crippen molar-refractivity contribution >= 4 is 33.0 Å². The van der Waals surface area contributed by atoms with Gasteiger partial charge in [-0.3, -0.25) is 4.79 Å².